The molecule has 146 valence electrons. The zero-order chi connectivity index (χ0) is 18.2. The maximum absolute atomic E-state index is 11.8. The second-order valence-electron chi connectivity index (χ2n) is 6.44. The number of hydrogen-bond acceptors (Lipinski definition) is 3. The van der Waals surface area contributed by atoms with Crippen molar-refractivity contribution in [2.24, 2.45) is 4.99 Å². The van der Waals surface area contributed by atoms with Gasteiger partial charge in [-0.15, -0.1) is 24.0 Å². The van der Waals surface area contributed by atoms with Gasteiger partial charge in [0, 0.05) is 50.5 Å². The summed E-state index contributed by atoms with van der Waals surface area (Å²) >= 11 is 6.09. The first-order chi connectivity index (χ1) is 12.0. The minimum Gasteiger partial charge on any atom is -0.369 e. The lowest BCUT2D eigenvalue weighted by Gasteiger charge is -2.21. The number of hydrogen-bond donors (Lipinski definition) is 2. The molecule has 1 aromatic carbocycles. The normalized spacial score (nSPS) is 16.8. The third kappa shape index (κ3) is 7.19. The van der Waals surface area contributed by atoms with E-state index in [0.717, 1.165) is 43.2 Å². The van der Waals surface area contributed by atoms with Gasteiger partial charge in [0.25, 0.3) is 0 Å². The van der Waals surface area contributed by atoms with Crippen molar-refractivity contribution < 1.29 is 4.79 Å². The van der Waals surface area contributed by atoms with E-state index in [2.05, 4.69) is 33.5 Å². The largest absolute Gasteiger partial charge is 0.369 e. The van der Waals surface area contributed by atoms with Gasteiger partial charge < -0.3 is 20.4 Å². The summed E-state index contributed by atoms with van der Waals surface area (Å²) in [5.41, 5.74) is 1.14. The Balaban J connectivity index is 0.00000338. The van der Waals surface area contributed by atoms with Crippen molar-refractivity contribution >= 4 is 53.1 Å². The predicted molar refractivity (Wildman–Crippen MR) is 120 cm³/mol. The van der Waals surface area contributed by atoms with Crippen LogP contribution in [0.4, 0.5) is 5.69 Å². The Morgan fingerprint density at radius 3 is 2.85 bits per heavy atom. The summed E-state index contributed by atoms with van der Waals surface area (Å²) in [6.45, 7) is 4.93. The molecule has 1 atom stereocenters. The number of benzene rings is 1. The van der Waals surface area contributed by atoms with Crippen LogP contribution in [0, 0.1) is 0 Å². The van der Waals surface area contributed by atoms with Crippen LogP contribution in [0.1, 0.15) is 19.8 Å². The summed E-state index contributed by atoms with van der Waals surface area (Å²) in [5, 5.41) is 7.49. The van der Waals surface area contributed by atoms with E-state index in [1.165, 1.54) is 0 Å². The van der Waals surface area contributed by atoms with Gasteiger partial charge in [-0.25, -0.2) is 4.99 Å². The quantitative estimate of drug-likeness (QED) is 0.363. The van der Waals surface area contributed by atoms with Gasteiger partial charge in [-0.2, -0.15) is 0 Å². The zero-order valence-electron chi connectivity index (χ0n) is 15.7. The summed E-state index contributed by atoms with van der Waals surface area (Å²) in [6, 6.07) is 8.22. The minimum absolute atomic E-state index is 0. The summed E-state index contributed by atoms with van der Waals surface area (Å²) in [4.78, 5) is 20.1. The van der Waals surface area contributed by atoms with Gasteiger partial charge in [-0.1, -0.05) is 24.6 Å². The van der Waals surface area contributed by atoms with Crippen molar-refractivity contribution in [2.45, 2.75) is 25.8 Å². The Morgan fingerprint density at radius 1 is 1.42 bits per heavy atom. The standard InChI is InChI=1S/C18H28ClN5O.HI/c1-4-9-20-18(21-12-17(25)23(2)3)22-15-8-10-24(13-15)16-7-5-6-14(19)11-16;/h5-7,11,15H,4,8-10,12-13H2,1-3H3,(H2,20,21,22);1H. The molecule has 1 aliphatic heterocycles. The number of likely N-dealkylation sites (N-methyl/N-ethyl adjacent to an activating group) is 1. The Hall–Kier alpha value is -1.22. The molecule has 0 aromatic heterocycles. The molecule has 0 bridgehead atoms. The van der Waals surface area contributed by atoms with E-state index in [4.69, 9.17) is 11.6 Å². The first-order valence-corrected chi connectivity index (χ1v) is 9.13. The van der Waals surface area contributed by atoms with Crippen LogP contribution in [0.25, 0.3) is 0 Å². The van der Waals surface area contributed by atoms with Crippen molar-refractivity contribution in [1.29, 1.82) is 0 Å². The molecular formula is C18H29ClIN5O. The number of amides is 1. The van der Waals surface area contributed by atoms with Crippen LogP contribution in [0.3, 0.4) is 0 Å². The van der Waals surface area contributed by atoms with Crippen LogP contribution < -0.4 is 15.5 Å². The SMILES string of the molecule is CCCNC(=NCC(=O)N(C)C)NC1CCN(c2cccc(Cl)c2)C1.I. The maximum atomic E-state index is 11.8. The second kappa shape index (κ2) is 11.5. The highest BCUT2D eigenvalue weighted by Crippen LogP contribution is 2.23. The number of carbonyl (C=O) groups is 1. The average molecular weight is 494 g/mol. The highest BCUT2D eigenvalue weighted by atomic mass is 127. The van der Waals surface area contributed by atoms with Gasteiger partial charge in [0.1, 0.15) is 6.54 Å². The number of guanidine groups is 1. The van der Waals surface area contributed by atoms with Crippen LogP contribution in [0.2, 0.25) is 5.02 Å². The van der Waals surface area contributed by atoms with Gasteiger partial charge in [0.05, 0.1) is 0 Å². The van der Waals surface area contributed by atoms with Crippen LogP contribution in [-0.2, 0) is 4.79 Å². The summed E-state index contributed by atoms with van der Waals surface area (Å²) in [5.74, 6) is 0.694. The molecule has 1 heterocycles. The van der Waals surface area contributed by atoms with Gasteiger partial charge in [0.2, 0.25) is 5.91 Å². The fourth-order valence-electron chi connectivity index (χ4n) is 2.66. The number of halogens is 2. The summed E-state index contributed by atoms with van der Waals surface area (Å²) in [6.07, 6.45) is 2.02. The first kappa shape index (κ1) is 22.8. The van der Waals surface area contributed by atoms with Crippen molar-refractivity contribution in [2.75, 3.05) is 45.2 Å². The van der Waals surface area contributed by atoms with Gasteiger partial charge >= 0.3 is 0 Å². The van der Waals surface area contributed by atoms with E-state index >= 15 is 0 Å². The summed E-state index contributed by atoms with van der Waals surface area (Å²) in [7, 11) is 3.48. The fraction of sp³-hybridized carbons (Fsp3) is 0.556. The number of aliphatic imine (C=N–C) groups is 1. The Morgan fingerprint density at radius 2 is 2.19 bits per heavy atom. The fourth-order valence-corrected chi connectivity index (χ4v) is 2.85. The van der Waals surface area contributed by atoms with Gasteiger partial charge in [-0.05, 0) is 31.0 Å². The molecule has 1 aromatic rings. The Labute approximate surface area is 178 Å². The Kier molecular flexibility index (Phi) is 10.1. The molecule has 0 aliphatic carbocycles. The summed E-state index contributed by atoms with van der Waals surface area (Å²) < 4.78 is 0. The van der Waals surface area contributed by atoms with E-state index in [-0.39, 0.29) is 42.5 Å². The highest BCUT2D eigenvalue weighted by Gasteiger charge is 2.23. The molecule has 2 N–H and O–H groups in total. The molecule has 2 rings (SSSR count). The van der Waals surface area contributed by atoms with Crippen molar-refractivity contribution in [3.05, 3.63) is 29.3 Å². The van der Waals surface area contributed by atoms with Gasteiger partial charge in [0.15, 0.2) is 5.96 Å². The lowest BCUT2D eigenvalue weighted by molar-refractivity contribution is -0.127. The van der Waals surface area contributed by atoms with Gasteiger partial charge in [-0.3, -0.25) is 4.79 Å². The molecule has 8 heteroatoms. The predicted octanol–water partition coefficient (Wildman–Crippen LogP) is 2.57. The number of anilines is 1. The molecule has 26 heavy (non-hydrogen) atoms. The van der Waals surface area contributed by atoms with Crippen LogP contribution in [0.15, 0.2) is 29.3 Å². The third-order valence-corrected chi connectivity index (χ3v) is 4.35. The molecule has 0 saturated carbocycles. The van der Waals surface area contributed by atoms with E-state index in [0.29, 0.717) is 5.96 Å². The van der Waals surface area contributed by atoms with E-state index < -0.39 is 0 Å². The van der Waals surface area contributed by atoms with E-state index in [1.807, 2.05) is 18.2 Å². The third-order valence-electron chi connectivity index (χ3n) is 4.12. The van der Waals surface area contributed by atoms with Crippen molar-refractivity contribution in [3.8, 4) is 0 Å². The molecule has 1 unspecified atom stereocenters. The topological polar surface area (TPSA) is 60.0 Å². The molecule has 0 radical (unpaired) electrons. The minimum atomic E-state index is -0.00965. The van der Waals surface area contributed by atoms with Crippen molar-refractivity contribution in [1.82, 2.24) is 15.5 Å². The van der Waals surface area contributed by atoms with Crippen LogP contribution in [0.5, 0.6) is 0 Å². The number of nitrogens with one attached hydrogen (secondary N) is 2. The van der Waals surface area contributed by atoms with E-state index in [9.17, 15) is 4.79 Å². The average Bonchev–Trinajstić information content (AvgIpc) is 3.05. The number of carbonyl (C=O) groups excluding carboxylic acids is 1. The first-order valence-electron chi connectivity index (χ1n) is 8.75. The maximum Gasteiger partial charge on any atom is 0.243 e. The lowest BCUT2D eigenvalue weighted by atomic mass is 10.2. The molecular weight excluding hydrogens is 465 g/mol. The Bertz CT molecular complexity index is 611. The molecule has 1 aliphatic rings. The highest BCUT2D eigenvalue weighted by molar-refractivity contribution is 14.0. The monoisotopic (exact) mass is 493 g/mol. The second-order valence-corrected chi connectivity index (χ2v) is 6.87. The molecule has 1 saturated heterocycles. The number of nitrogens with zero attached hydrogens (tertiary/aromatic N) is 3. The van der Waals surface area contributed by atoms with E-state index in [1.54, 1.807) is 19.0 Å². The number of rotatable bonds is 6. The smallest absolute Gasteiger partial charge is 0.243 e. The lowest BCUT2D eigenvalue weighted by Crippen LogP contribution is -2.45. The van der Waals surface area contributed by atoms with Crippen LogP contribution >= 0.6 is 35.6 Å². The zero-order valence-corrected chi connectivity index (χ0v) is 18.8. The molecule has 1 amide bonds. The molecule has 6 nitrogen and oxygen atoms in total. The molecule has 1 fully saturated rings. The van der Waals surface area contributed by atoms with Crippen LogP contribution in [-0.4, -0.2) is 63.1 Å². The molecule has 0 spiro atoms. The van der Waals surface area contributed by atoms with Crippen molar-refractivity contribution in [3.63, 3.8) is 0 Å².